The average molecular weight is 229 g/mol. The molecule has 1 aromatic carbocycles. The number of hydrogen-bond donors (Lipinski definition) is 1. The molecule has 1 rings (SSSR count). The van der Waals surface area contributed by atoms with Crippen LogP contribution in [0.25, 0.3) is 6.08 Å². The zero-order valence-corrected chi connectivity index (χ0v) is 9.23. The van der Waals surface area contributed by atoms with Crippen molar-refractivity contribution in [2.75, 3.05) is 0 Å². The van der Waals surface area contributed by atoms with E-state index >= 15 is 0 Å². The molecule has 0 aliphatic rings. The third-order valence-corrected chi connectivity index (χ3v) is 2.39. The molecule has 1 nitrogen and oxygen atoms in total. The van der Waals surface area contributed by atoms with Crippen LogP contribution >= 0.6 is 0 Å². The van der Waals surface area contributed by atoms with Gasteiger partial charge in [-0.3, -0.25) is 0 Å². The average Bonchev–Trinajstić information content (AvgIpc) is 2.19. The molecule has 0 heterocycles. The zero-order valence-electron chi connectivity index (χ0n) is 9.23. The van der Waals surface area contributed by atoms with Crippen molar-refractivity contribution in [3.63, 3.8) is 0 Å². The third-order valence-electron chi connectivity index (χ3n) is 2.39. The Hall–Kier alpha value is -1.29. The minimum atomic E-state index is -4.26. The van der Waals surface area contributed by atoms with E-state index < -0.39 is 11.7 Å². The van der Waals surface area contributed by atoms with Gasteiger partial charge in [0.1, 0.15) is 0 Å². The predicted molar refractivity (Wildman–Crippen MR) is 58.8 cm³/mol. The number of nitrogens with two attached hydrogens (primary N) is 1. The summed E-state index contributed by atoms with van der Waals surface area (Å²) >= 11 is 0. The van der Waals surface area contributed by atoms with Crippen LogP contribution in [0, 0.1) is 6.92 Å². The van der Waals surface area contributed by atoms with Crippen LogP contribution in [0.3, 0.4) is 0 Å². The van der Waals surface area contributed by atoms with Crippen LogP contribution in [0.15, 0.2) is 23.8 Å². The van der Waals surface area contributed by atoms with E-state index in [1.807, 2.05) is 0 Å². The second-order valence-electron chi connectivity index (χ2n) is 3.72. The van der Waals surface area contributed by atoms with Crippen molar-refractivity contribution in [3.8, 4) is 0 Å². The second kappa shape index (κ2) is 4.70. The number of halogens is 3. The van der Waals surface area contributed by atoms with Gasteiger partial charge in [0, 0.05) is 12.1 Å². The maximum atomic E-state index is 12.3. The lowest BCUT2D eigenvalue weighted by Crippen LogP contribution is -2.08. The molecule has 4 heteroatoms. The molecule has 0 fully saturated rings. The van der Waals surface area contributed by atoms with E-state index in [2.05, 4.69) is 0 Å². The molecule has 0 aliphatic heterocycles. The summed E-state index contributed by atoms with van der Waals surface area (Å²) in [5.74, 6) is 0. The van der Waals surface area contributed by atoms with E-state index in [1.54, 1.807) is 25.1 Å². The fraction of sp³-hybridized carbons (Fsp3) is 0.333. The molecule has 0 unspecified atom stereocenters. The van der Waals surface area contributed by atoms with Gasteiger partial charge in [0.05, 0.1) is 0 Å². The summed E-state index contributed by atoms with van der Waals surface area (Å²) in [5.41, 5.74) is 7.13. The van der Waals surface area contributed by atoms with Crippen LogP contribution in [-0.4, -0.2) is 6.18 Å². The van der Waals surface area contributed by atoms with Crippen LogP contribution in [0.5, 0.6) is 0 Å². The molecule has 1 aromatic rings. The van der Waals surface area contributed by atoms with Crippen molar-refractivity contribution in [1.29, 1.82) is 0 Å². The van der Waals surface area contributed by atoms with E-state index in [0.29, 0.717) is 12.1 Å². The van der Waals surface area contributed by atoms with E-state index in [4.69, 9.17) is 5.73 Å². The number of rotatable bonds is 2. The summed E-state index contributed by atoms with van der Waals surface area (Å²) in [6, 6.07) is 5.20. The highest BCUT2D eigenvalue weighted by Crippen LogP contribution is 2.27. The summed E-state index contributed by atoms with van der Waals surface area (Å²) in [6.07, 6.45) is -3.12. The molecule has 0 saturated heterocycles. The van der Waals surface area contributed by atoms with Gasteiger partial charge < -0.3 is 5.73 Å². The quantitative estimate of drug-likeness (QED) is 0.826. The third kappa shape index (κ3) is 3.10. The molecule has 0 aliphatic carbocycles. The summed E-state index contributed by atoms with van der Waals surface area (Å²) in [7, 11) is 0. The largest absolute Gasteiger partial charge is 0.412 e. The number of benzene rings is 1. The molecule has 0 spiro atoms. The fourth-order valence-corrected chi connectivity index (χ4v) is 1.34. The fourth-order valence-electron chi connectivity index (χ4n) is 1.34. The number of aryl methyl sites for hydroxylation is 1. The van der Waals surface area contributed by atoms with E-state index in [9.17, 15) is 13.2 Å². The molecule has 0 aromatic heterocycles. The molecule has 0 radical (unpaired) electrons. The number of hydrogen-bond acceptors (Lipinski definition) is 1. The molecular formula is C12H14F3N. The molecule has 0 atom stereocenters. The second-order valence-corrected chi connectivity index (χ2v) is 3.72. The Morgan fingerprint density at radius 2 is 2.00 bits per heavy atom. The minimum absolute atomic E-state index is 0.392. The van der Waals surface area contributed by atoms with Gasteiger partial charge in [-0.2, -0.15) is 13.2 Å². The van der Waals surface area contributed by atoms with Gasteiger partial charge in [0.15, 0.2) is 0 Å². The van der Waals surface area contributed by atoms with Crippen LogP contribution in [0.2, 0.25) is 0 Å². The van der Waals surface area contributed by atoms with Crippen molar-refractivity contribution < 1.29 is 13.2 Å². The summed E-state index contributed by atoms with van der Waals surface area (Å²) in [4.78, 5) is 0. The highest BCUT2D eigenvalue weighted by atomic mass is 19.4. The Morgan fingerprint density at radius 1 is 1.38 bits per heavy atom. The van der Waals surface area contributed by atoms with Gasteiger partial charge >= 0.3 is 6.18 Å². The molecular weight excluding hydrogens is 215 g/mol. The van der Waals surface area contributed by atoms with E-state index in [-0.39, 0.29) is 0 Å². The van der Waals surface area contributed by atoms with Gasteiger partial charge in [-0.25, -0.2) is 0 Å². The van der Waals surface area contributed by atoms with Crippen LogP contribution < -0.4 is 5.73 Å². The first kappa shape index (κ1) is 12.8. The van der Waals surface area contributed by atoms with Crippen molar-refractivity contribution in [3.05, 3.63) is 40.5 Å². The summed E-state index contributed by atoms with van der Waals surface area (Å²) in [5, 5.41) is 0. The topological polar surface area (TPSA) is 26.0 Å². The first-order valence-electron chi connectivity index (χ1n) is 4.89. The van der Waals surface area contributed by atoms with Gasteiger partial charge in [-0.1, -0.05) is 18.2 Å². The Labute approximate surface area is 92.8 Å². The van der Waals surface area contributed by atoms with Gasteiger partial charge in [-0.05, 0) is 36.6 Å². The summed E-state index contributed by atoms with van der Waals surface area (Å²) in [6.45, 7) is 3.23. The van der Waals surface area contributed by atoms with E-state index in [0.717, 1.165) is 24.1 Å². The van der Waals surface area contributed by atoms with Crippen LogP contribution in [0.4, 0.5) is 13.2 Å². The normalized spacial score (nSPS) is 13.0. The number of allylic oxidation sites excluding steroid dienone is 1. The SMILES string of the molecule is C/C(=C\c1ccc(CN)cc1C)C(F)(F)F. The Kier molecular flexibility index (Phi) is 3.75. The van der Waals surface area contributed by atoms with Crippen LogP contribution in [0.1, 0.15) is 23.6 Å². The highest BCUT2D eigenvalue weighted by Gasteiger charge is 2.29. The first-order chi connectivity index (χ1) is 7.34. The Bertz CT molecular complexity index is 405. The van der Waals surface area contributed by atoms with Gasteiger partial charge in [0.2, 0.25) is 0 Å². The molecule has 88 valence electrons. The van der Waals surface area contributed by atoms with Crippen LogP contribution in [-0.2, 0) is 6.54 Å². The van der Waals surface area contributed by atoms with Crippen molar-refractivity contribution in [2.24, 2.45) is 5.73 Å². The Morgan fingerprint density at radius 3 is 2.44 bits per heavy atom. The molecule has 0 saturated carbocycles. The molecule has 0 amide bonds. The molecule has 2 N–H and O–H groups in total. The van der Waals surface area contributed by atoms with Gasteiger partial charge in [-0.15, -0.1) is 0 Å². The Balaban J connectivity index is 3.07. The minimum Gasteiger partial charge on any atom is -0.326 e. The standard InChI is InChI=1S/C12H14F3N/c1-8-5-10(7-16)3-4-11(8)6-9(2)12(13,14)15/h3-6H,7,16H2,1-2H3/b9-6+. The predicted octanol–water partition coefficient (Wildman–Crippen LogP) is 3.42. The maximum absolute atomic E-state index is 12.3. The maximum Gasteiger partial charge on any atom is 0.412 e. The monoisotopic (exact) mass is 229 g/mol. The molecule has 0 bridgehead atoms. The lowest BCUT2D eigenvalue weighted by Gasteiger charge is -2.08. The summed E-state index contributed by atoms with van der Waals surface area (Å²) < 4.78 is 37.0. The zero-order chi connectivity index (χ0) is 12.3. The smallest absolute Gasteiger partial charge is 0.326 e. The lowest BCUT2D eigenvalue weighted by molar-refractivity contribution is -0.0903. The highest BCUT2D eigenvalue weighted by molar-refractivity contribution is 5.57. The van der Waals surface area contributed by atoms with E-state index in [1.165, 1.54) is 0 Å². The van der Waals surface area contributed by atoms with Crippen molar-refractivity contribution in [2.45, 2.75) is 26.6 Å². The van der Waals surface area contributed by atoms with Crippen molar-refractivity contribution >= 4 is 6.08 Å². The van der Waals surface area contributed by atoms with Crippen molar-refractivity contribution in [1.82, 2.24) is 0 Å². The number of alkyl halides is 3. The van der Waals surface area contributed by atoms with Gasteiger partial charge in [0.25, 0.3) is 0 Å². The lowest BCUT2D eigenvalue weighted by atomic mass is 10.0. The molecule has 16 heavy (non-hydrogen) atoms. The first-order valence-corrected chi connectivity index (χ1v) is 4.89.